The molecule has 0 aromatic heterocycles. The summed E-state index contributed by atoms with van der Waals surface area (Å²) < 4.78 is 29.0. The van der Waals surface area contributed by atoms with Crippen molar-refractivity contribution in [3.05, 3.63) is 23.5 Å². The van der Waals surface area contributed by atoms with Gasteiger partial charge in [0.1, 0.15) is 0 Å². The molecule has 5 atom stereocenters. The standard InChI is InChI=1S/C25H40O7/c1-3-4-5-10-19(30-23-11-6-8-15-28-23)13-14-20-18(2)21(32-25(26)27)17-22(20)31-24-12-7-9-16-29-24/h13-14,19-20,22-24H,3-12,15-17H2,1-2H3,(H,26,27)/p-1. The van der Waals surface area contributed by atoms with Crippen LogP contribution in [0.4, 0.5) is 4.79 Å². The van der Waals surface area contributed by atoms with Gasteiger partial charge in [0.05, 0.1) is 12.2 Å². The molecule has 0 radical (unpaired) electrons. The summed E-state index contributed by atoms with van der Waals surface area (Å²) in [6.45, 7) is 5.54. The molecule has 0 bridgehead atoms. The van der Waals surface area contributed by atoms with E-state index in [4.69, 9.17) is 23.7 Å². The molecule has 0 amide bonds. The molecule has 182 valence electrons. The molecule has 7 nitrogen and oxygen atoms in total. The van der Waals surface area contributed by atoms with Crippen molar-refractivity contribution in [1.82, 2.24) is 0 Å². The third kappa shape index (κ3) is 7.87. The van der Waals surface area contributed by atoms with Crippen LogP contribution in [0.25, 0.3) is 0 Å². The number of ether oxygens (including phenoxy) is 5. The van der Waals surface area contributed by atoms with Gasteiger partial charge in [0.25, 0.3) is 6.16 Å². The summed E-state index contributed by atoms with van der Waals surface area (Å²) in [6.07, 6.45) is 12.8. The van der Waals surface area contributed by atoms with Gasteiger partial charge in [0.2, 0.25) is 0 Å². The van der Waals surface area contributed by atoms with Crippen LogP contribution in [0.15, 0.2) is 23.5 Å². The van der Waals surface area contributed by atoms with Crippen LogP contribution >= 0.6 is 0 Å². The molecule has 2 saturated heterocycles. The Balaban J connectivity index is 1.69. The maximum atomic E-state index is 11.1. The predicted molar refractivity (Wildman–Crippen MR) is 117 cm³/mol. The molecule has 2 heterocycles. The first-order chi connectivity index (χ1) is 15.6. The quantitative estimate of drug-likeness (QED) is 0.258. The number of hydrogen-bond acceptors (Lipinski definition) is 7. The van der Waals surface area contributed by atoms with Gasteiger partial charge in [-0.1, -0.05) is 38.3 Å². The van der Waals surface area contributed by atoms with E-state index in [1.54, 1.807) is 0 Å². The highest BCUT2D eigenvalue weighted by molar-refractivity contribution is 5.56. The molecule has 1 aliphatic carbocycles. The lowest BCUT2D eigenvalue weighted by Gasteiger charge is -2.29. The summed E-state index contributed by atoms with van der Waals surface area (Å²) in [5.41, 5.74) is 0.854. The normalized spacial score (nSPS) is 30.1. The highest BCUT2D eigenvalue weighted by Crippen LogP contribution is 2.37. The molecule has 0 aromatic carbocycles. The second-order valence-corrected chi connectivity index (χ2v) is 9.01. The van der Waals surface area contributed by atoms with Gasteiger partial charge < -0.3 is 33.6 Å². The molecule has 0 spiro atoms. The van der Waals surface area contributed by atoms with E-state index in [-0.39, 0.29) is 30.7 Å². The minimum atomic E-state index is -1.54. The van der Waals surface area contributed by atoms with Gasteiger partial charge in [0.15, 0.2) is 12.6 Å². The molecule has 2 fully saturated rings. The molecular formula is C25H39O7-. The van der Waals surface area contributed by atoms with Crippen LogP contribution in [-0.4, -0.2) is 44.2 Å². The number of unbranched alkanes of at least 4 members (excludes halogenated alkanes) is 2. The molecule has 7 heteroatoms. The van der Waals surface area contributed by atoms with Crippen molar-refractivity contribution in [1.29, 1.82) is 0 Å². The Bertz CT molecular complexity index is 632. The van der Waals surface area contributed by atoms with Crippen LogP contribution in [0.3, 0.4) is 0 Å². The largest absolute Gasteiger partial charge is 0.518 e. The highest BCUT2D eigenvalue weighted by Gasteiger charge is 2.34. The Labute approximate surface area is 192 Å². The Morgan fingerprint density at radius 3 is 2.47 bits per heavy atom. The first kappa shape index (κ1) is 25.2. The first-order valence-corrected chi connectivity index (χ1v) is 12.4. The SMILES string of the molecule is CCCCCC(C=CC1C(C)=C(OC(=O)[O-])CC1OC1CCCCO1)OC1CCCCO1. The van der Waals surface area contributed by atoms with Crippen molar-refractivity contribution in [2.75, 3.05) is 13.2 Å². The molecule has 0 N–H and O–H groups in total. The Kier molecular flexibility index (Phi) is 10.5. The van der Waals surface area contributed by atoms with Crippen LogP contribution in [0.2, 0.25) is 0 Å². The van der Waals surface area contributed by atoms with E-state index in [0.29, 0.717) is 18.8 Å². The molecule has 0 saturated carbocycles. The van der Waals surface area contributed by atoms with Crippen molar-refractivity contribution in [2.24, 2.45) is 5.92 Å². The van der Waals surface area contributed by atoms with Crippen molar-refractivity contribution in [2.45, 2.75) is 109 Å². The van der Waals surface area contributed by atoms with E-state index in [9.17, 15) is 9.90 Å². The Hall–Kier alpha value is -1.41. The Morgan fingerprint density at radius 2 is 1.84 bits per heavy atom. The summed E-state index contributed by atoms with van der Waals surface area (Å²) in [5.74, 6) is 0.318. The maximum Gasteiger partial charge on any atom is 0.256 e. The second-order valence-electron chi connectivity index (χ2n) is 9.01. The van der Waals surface area contributed by atoms with E-state index in [2.05, 4.69) is 19.1 Å². The Morgan fingerprint density at radius 1 is 1.12 bits per heavy atom. The van der Waals surface area contributed by atoms with Gasteiger partial charge in [-0.15, -0.1) is 0 Å². The van der Waals surface area contributed by atoms with E-state index >= 15 is 0 Å². The van der Waals surface area contributed by atoms with Crippen LogP contribution in [0, 0.1) is 5.92 Å². The molecular weight excluding hydrogens is 412 g/mol. The maximum absolute atomic E-state index is 11.1. The number of hydrogen-bond donors (Lipinski definition) is 0. The van der Waals surface area contributed by atoms with Gasteiger partial charge >= 0.3 is 0 Å². The van der Waals surface area contributed by atoms with E-state index in [0.717, 1.165) is 76.4 Å². The van der Waals surface area contributed by atoms with Gasteiger partial charge in [-0.25, -0.2) is 0 Å². The molecule has 2 aliphatic heterocycles. The summed E-state index contributed by atoms with van der Waals surface area (Å²) in [6, 6.07) is 0. The molecule has 3 rings (SSSR count). The zero-order valence-corrected chi connectivity index (χ0v) is 19.6. The fraction of sp³-hybridized carbons (Fsp3) is 0.800. The third-order valence-corrected chi connectivity index (χ3v) is 6.49. The molecule has 32 heavy (non-hydrogen) atoms. The van der Waals surface area contributed by atoms with E-state index in [1.807, 2.05) is 6.92 Å². The van der Waals surface area contributed by atoms with Crippen molar-refractivity contribution < 1.29 is 33.6 Å². The zero-order chi connectivity index (χ0) is 22.8. The number of carboxylic acid groups (broad SMARTS) is 1. The average molecular weight is 452 g/mol. The van der Waals surface area contributed by atoms with E-state index in [1.165, 1.54) is 0 Å². The monoisotopic (exact) mass is 451 g/mol. The van der Waals surface area contributed by atoms with Gasteiger partial charge in [-0.3, -0.25) is 0 Å². The van der Waals surface area contributed by atoms with Crippen LogP contribution in [0.1, 0.15) is 84.5 Å². The van der Waals surface area contributed by atoms with E-state index < -0.39 is 6.16 Å². The number of carbonyl (C=O) groups excluding carboxylic acids is 1. The fourth-order valence-corrected chi connectivity index (χ4v) is 4.63. The van der Waals surface area contributed by atoms with Crippen LogP contribution in [0.5, 0.6) is 0 Å². The summed E-state index contributed by atoms with van der Waals surface area (Å²) >= 11 is 0. The number of rotatable bonds is 11. The lowest BCUT2D eigenvalue weighted by molar-refractivity contribution is -0.278. The fourth-order valence-electron chi connectivity index (χ4n) is 4.63. The average Bonchev–Trinajstić information content (AvgIpc) is 3.07. The lowest BCUT2D eigenvalue weighted by Crippen LogP contribution is -2.31. The van der Waals surface area contributed by atoms with Crippen LogP contribution < -0.4 is 5.11 Å². The van der Waals surface area contributed by atoms with Gasteiger partial charge in [-0.2, -0.15) is 0 Å². The highest BCUT2D eigenvalue weighted by atomic mass is 16.7. The van der Waals surface area contributed by atoms with Gasteiger partial charge in [0, 0.05) is 31.3 Å². The minimum Gasteiger partial charge on any atom is -0.518 e. The van der Waals surface area contributed by atoms with Crippen LogP contribution in [-0.2, 0) is 23.7 Å². The third-order valence-electron chi connectivity index (χ3n) is 6.49. The lowest BCUT2D eigenvalue weighted by atomic mass is 9.98. The van der Waals surface area contributed by atoms with Crippen molar-refractivity contribution in [3.8, 4) is 0 Å². The summed E-state index contributed by atoms with van der Waals surface area (Å²) in [7, 11) is 0. The molecule has 5 unspecified atom stereocenters. The predicted octanol–water partition coefficient (Wildman–Crippen LogP) is 4.60. The zero-order valence-electron chi connectivity index (χ0n) is 19.6. The molecule has 0 aromatic rings. The van der Waals surface area contributed by atoms with Crippen molar-refractivity contribution >= 4 is 6.16 Å². The molecule has 3 aliphatic rings. The van der Waals surface area contributed by atoms with Crippen molar-refractivity contribution in [3.63, 3.8) is 0 Å². The minimum absolute atomic E-state index is 0.0462. The first-order valence-electron chi connectivity index (χ1n) is 12.4. The number of carbonyl (C=O) groups is 1. The summed E-state index contributed by atoms with van der Waals surface area (Å²) in [5, 5.41) is 11.1. The summed E-state index contributed by atoms with van der Waals surface area (Å²) in [4.78, 5) is 11.1. The topological polar surface area (TPSA) is 86.3 Å². The second kappa shape index (κ2) is 13.3. The van der Waals surface area contributed by atoms with Gasteiger partial charge in [-0.05, 0) is 57.4 Å². The smallest absolute Gasteiger partial charge is 0.256 e.